The van der Waals surface area contributed by atoms with Crippen LogP contribution in [0.1, 0.15) is 24.2 Å². The fraction of sp³-hybridized carbons (Fsp3) is 0.312. The lowest BCUT2D eigenvalue weighted by Crippen LogP contribution is -2.45. The van der Waals surface area contributed by atoms with E-state index in [1.54, 1.807) is 0 Å². The Morgan fingerprint density at radius 1 is 1.30 bits per heavy atom. The molecule has 7 heteroatoms. The molecule has 23 heavy (non-hydrogen) atoms. The van der Waals surface area contributed by atoms with Crippen LogP contribution in [0.25, 0.3) is 0 Å². The van der Waals surface area contributed by atoms with Crippen LogP contribution in [0.3, 0.4) is 0 Å². The molecule has 0 fully saturated rings. The number of amides is 2. The molecular formula is C16H19ClN2O4. The fourth-order valence-corrected chi connectivity index (χ4v) is 1.80. The number of benzene rings is 1. The van der Waals surface area contributed by atoms with Crippen molar-refractivity contribution in [2.45, 2.75) is 13.8 Å². The number of anilines is 1. The molecule has 0 unspecified atom stereocenters. The number of carbonyl (C=O) groups excluding carboxylic acids is 3. The van der Waals surface area contributed by atoms with Crippen molar-refractivity contribution in [2.75, 3.05) is 19.0 Å². The van der Waals surface area contributed by atoms with E-state index in [2.05, 4.69) is 21.9 Å². The molecule has 0 bridgehead atoms. The van der Waals surface area contributed by atoms with Gasteiger partial charge in [-0.3, -0.25) is 9.59 Å². The Morgan fingerprint density at radius 2 is 1.96 bits per heavy atom. The van der Waals surface area contributed by atoms with Gasteiger partial charge < -0.3 is 15.4 Å². The number of ether oxygens (including phenoxy) is 1. The molecule has 2 N–H and O–H groups in total. The van der Waals surface area contributed by atoms with Gasteiger partial charge in [0.05, 0.1) is 23.4 Å². The van der Waals surface area contributed by atoms with Crippen molar-refractivity contribution < 1.29 is 19.1 Å². The molecule has 1 rings (SSSR count). The highest BCUT2D eigenvalue weighted by atomic mass is 35.5. The Bertz CT molecular complexity index is 641. The van der Waals surface area contributed by atoms with E-state index in [0.29, 0.717) is 0 Å². The number of hydrogen-bond acceptors (Lipinski definition) is 4. The van der Waals surface area contributed by atoms with E-state index in [9.17, 15) is 14.4 Å². The molecule has 6 nitrogen and oxygen atoms in total. The zero-order valence-corrected chi connectivity index (χ0v) is 14.0. The van der Waals surface area contributed by atoms with E-state index in [4.69, 9.17) is 11.6 Å². The molecule has 0 heterocycles. The first-order valence-corrected chi connectivity index (χ1v) is 7.20. The molecule has 1 aromatic carbocycles. The molecule has 0 radical (unpaired) electrons. The van der Waals surface area contributed by atoms with E-state index in [0.717, 1.165) is 0 Å². The molecule has 0 aliphatic carbocycles. The van der Waals surface area contributed by atoms with Crippen LogP contribution < -0.4 is 10.6 Å². The maximum atomic E-state index is 12.4. The monoisotopic (exact) mass is 338 g/mol. The summed E-state index contributed by atoms with van der Waals surface area (Å²) >= 11 is 6.02. The van der Waals surface area contributed by atoms with Gasteiger partial charge in [-0.1, -0.05) is 17.7 Å². The zero-order valence-electron chi connectivity index (χ0n) is 13.2. The minimum absolute atomic E-state index is 0.226. The molecule has 0 aromatic heterocycles. The topological polar surface area (TPSA) is 84.5 Å². The van der Waals surface area contributed by atoms with Crippen molar-refractivity contribution in [3.05, 3.63) is 41.4 Å². The Morgan fingerprint density at radius 3 is 2.52 bits per heavy atom. The van der Waals surface area contributed by atoms with Gasteiger partial charge in [-0.25, -0.2) is 4.79 Å². The summed E-state index contributed by atoms with van der Waals surface area (Å²) in [7, 11) is 1.25. The molecule has 0 spiro atoms. The predicted octanol–water partition coefficient (Wildman–Crippen LogP) is 2.39. The van der Waals surface area contributed by atoms with E-state index in [1.807, 2.05) is 0 Å². The summed E-state index contributed by atoms with van der Waals surface area (Å²) in [6, 6.07) is 4.34. The lowest BCUT2D eigenvalue weighted by atomic mass is 9.91. The highest BCUT2D eigenvalue weighted by molar-refractivity contribution is 6.34. The molecule has 1 aromatic rings. The smallest absolute Gasteiger partial charge is 0.337 e. The van der Waals surface area contributed by atoms with Crippen molar-refractivity contribution in [3.8, 4) is 0 Å². The molecule has 0 saturated carbocycles. The first kappa shape index (κ1) is 18.7. The number of nitrogens with one attached hydrogen (secondary N) is 2. The molecule has 124 valence electrons. The van der Waals surface area contributed by atoms with Crippen LogP contribution in [0.4, 0.5) is 5.69 Å². The lowest BCUT2D eigenvalue weighted by molar-refractivity contribution is -0.138. The van der Waals surface area contributed by atoms with Gasteiger partial charge in [0.25, 0.3) is 0 Å². The second-order valence-electron chi connectivity index (χ2n) is 5.26. The average molecular weight is 339 g/mol. The van der Waals surface area contributed by atoms with Crippen molar-refractivity contribution in [2.24, 2.45) is 5.41 Å². The molecule has 2 amide bonds. The zero-order chi connectivity index (χ0) is 17.6. The first-order chi connectivity index (χ1) is 10.7. The Kier molecular flexibility index (Phi) is 6.33. The van der Waals surface area contributed by atoms with E-state index in [-0.39, 0.29) is 22.8 Å². The number of methoxy groups -OCH3 is 1. The highest BCUT2D eigenvalue weighted by Crippen LogP contribution is 2.26. The van der Waals surface area contributed by atoms with Gasteiger partial charge in [0.1, 0.15) is 5.41 Å². The van der Waals surface area contributed by atoms with Crippen LogP contribution in [0.15, 0.2) is 30.9 Å². The van der Waals surface area contributed by atoms with Gasteiger partial charge in [-0.15, -0.1) is 6.58 Å². The van der Waals surface area contributed by atoms with Crippen molar-refractivity contribution in [3.63, 3.8) is 0 Å². The quantitative estimate of drug-likeness (QED) is 0.474. The van der Waals surface area contributed by atoms with Gasteiger partial charge in [0.15, 0.2) is 0 Å². The van der Waals surface area contributed by atoms with E-state index >= 15 is 0 Å². The highest BCUT2D eigenvalue weighted by Gasteiger charge is 2.36. The number of halogens is 1. The average Bonchev–Trinajstić information content (AvgIpc) is 2.53. The largest absolute Gasteiger partial charge is 0.465 e. The summed E-state index contributed by atoms with van der Waals surface area (Å²) in [5.74, 6) is -1.56. The summed E-state index contributed by atoms with van der Waals surface area (Å²) in [6.45, 7) is 6.72. The third-order valence-corrected chi connectivity index (χ3v) is 3.51. The number of rotatable bonds is 6. The standard InChI is InChI=1S/C16H19ClN2O4/c1-5-8-18-14(21)16(2,3)15(22)19-12-9-10(13(20)23-4)6-7-11(12)17/h5-7,9H,1,8H2,2-4H3,(H,18,21)(H,19,22). The van der Waals surface area contributed by atoms with Gasteiger partial charge in [-0.05, 0) is 32.0 Å². The van der Waals surface area contributed by atoms with Gasteiger partial charge in [0, 0.05) is 6.54 Å². The third kappa shape index (κ3) is 4.56. The predicted molar refractivity (Wildman–Crippen MR) is 88.4 cm³/mol. The summed E-state index contributed by atoms with van der Waals surface area (Å²) in [6.07, 6.45) is 1.52. The second kappa shape index (κ2) is 7.78. The molecule has 0 aliphatic rings. The summed E-state index contributed by atoms with van der Waals surface area (Å²) in [5.41, 5.74) is -0.863. The van der Waals surface area contributed by atoms with Gasteiger partial charge in [0.2, 0.25) is 11.8 Å². The third-order valence-electron chi connectivity index (χ3n) is 3.18. The van der Waals surface area contributed by atoms with Gasteiger partial charge in [-0.2, -0.15) is 0 Å². The fourth-order valence-electron chi connectivity index (χ4n) is 1.63. The lowest BCUT2D eigenvalue weighted by Gasteiger charge is -2.22. The minimum Gasteiger partial charge on any atom is -0.465 e. The maximum absolute atomic E-state index is 12.4. The van der Waals surface area contributed by atoms with Crippen LogP contribution >= 0.6 is 11.6 Å². The SMILES string of the molecule is C=CCNC(=O)C(C)(C)C(=O)Nc1cc(C(=O)OC)ccc1Cl. The van der Waals surface area contributed by atoms with Crippen LogP contribution in [0.5, 0.6) is 0 Å². The summed E-state index contributed by atoms with van der Waals surface area (Å²) in [5, 5.41) is 5.37. The van der Waals surface area contributed by atoms with Crippen molar-refractivity contribution in [1.82, 2.24) is 5.32 Å². The normalized spacial score (nSPS) is 10.6. The van der Waals surface area contributed by atoms with Crippen LogP contribution in [0.2, 0.25) is 5.02 Å². The Labute approximate surface area is 139 Å². The Balaban J connectivity index is 2.97. The van der Waals surface area contributed by atoms with Crippen molar-refractivity contribution in [1.29, 1.82) is 0 Å². The number of hydrogen-bond donors (Lipinski definition) is 2. The van der Waals surface area contributed by atoms with E-state index in [1.165, 1.54) is 45.2 Å². The number of carbonyl (C=O) groups is 3. The van der Waals surface area contributed by atoms with Crippen LogP contribution in [0, 0.1) is 5.41 Å². The van der Waals surface area contributed by atoms with Gasteiger partial charge >= 0.3 is 5.97 Å². The second-order valence-corrected chi connectivity index (χ2v) is 5.67. The van der Waals surface area contributed by atoms with Crippen molar-refractivity contribution >= 4 is 35.1 Å². The maximum Gasteiger partial charge on any atom is 0.337 e. The Hall–Kier alpha value is -2.34. The summed E-state index contributed by atoms with van der Waals surface area (Å²) < 4.78 is 4.62. The van der Waals surface area contributed by atoms with Crippen LogP contribution in [-0.2, 0) is 14.3 Å². The van der Waals surface area contributed by atoms with Crippen LogP contribution in [-0.4, -0.2) is 31.4 Å². The van der Waals surface area contributed by atoms with E-state index < -0.39 is 23.2 Å². The molecule has 0 atom stereocenters. The first-order valence-electron chi connectivity index (χ1n) is 6.82. The molecule has 0 saturated heterocycles. The molecule has 0 aliphatic heterocycles. The minimum atomic E-state index is -1.33. The number of esters is 1. The summed E-state index contributed by atoms with van der Waals surface area (Å²) in [4.78, 5) is 35.9. The molecular weight excluding hydrogens is 320 g/mol.